The molecule has 1 aromatic carbocycles. The van der Waals surface area contributed by atoms with Crippen LogP contribution in [-0.2, 0) is 6.54 Å². The van der Waals surface area contributed by atoms with Gasteiger partial charge in [0.1, 0.15) is 0 Å². The van der Waals surface area contributed by atoms with Crippen LogP contribution in [-0.4, -0.2) is 37.5 Å². The van der Waals surface area contributed by atoms with Crippen LogP contribution in [0.15, 0.2) is 42.5 Å². The van der Waals surface area contributed by atoms with Crippen LogP contribution in [0, 0.1) is 0 Å². The molecule has 0 unspecified atom stereocenters. The fourth-order valence-corrected chi connectivity index (χ4v) is 1.75. The van der Waals surface area contributed by atoms with Gasteiger partial charge in [-0.1, -0.05) is 30.3 Å². The van der Waals surface area contributed by atoms with Gasteiger partial charge in [0.05, 0.1) is 5.69 Å². The van der Waals surface area contributed by atoms with Gasteiger partial charge < -0.3 is 5.32 Å². The lowest BCUT2D eigenvalue weighted by Crippen LogP contribution is -2.09. The molecular formula is C13H13N7. The summed E-state index contributed by atoms with van der Waals surface area (Å²) < 4.78 is 0. The molecule has 0 aliphatic carbocycles. The van der Waals surface area contributed by atoms with Crippen molar-refractivity contribution < 1.29 is 0 Å². The van der Waals surface area contributed by atoms with Crippen LogP contribution in [0.1, 0.15) is 5.69 Å². The van der Waals surface area contributed by atoms with E-state index in [4.69, 9.17) is 0 Å². The quantitative estimate of drug-likeness (QED) is 0.754. The van der Waals surface area contributed by atoms with E-state index in [-0.39, 0.29) is 0 Å². The first kappa shape index (κ1) is 12.4. The number of aromatic nitrogens is 6. The standard InChI is InChI=1S/C13H13N7/c1-14-9-11-7-8-12(16-15-11)20-18-13(17-19-20)10-5-3-2-4-6-10/h2-8,14H,9H2,1H3. The van der Waals surface area contributed by atoms with Gasteiger partial charge in [-0.05, 0) is 24.4 Å². The summed E-state index contributed by atoms with van der Waals surface area (Å²) in [5, 5.41) is 23.5. The lowest BCUT2D eigenvalue weighted by atomic mass is 10.2. The van der Waals surface area contributed by atoms with Crippen molar-refractivity contribution >= 4 is 0 Å². The Morgan fingerprint density at radius 2 is 1.85 bits per heavy atom. The third-order valence-electron chi connectivity index (χ3n) is 2.71. The molecule has 0 amide bonds. The number of hydrogen-bond donors (Lipinski definition) is 1. The second kappa shape index (κ2) is 5.54. The Bertz CT molecular complexity index is 675. The molecule has 3 aromatic rings. The lowest BCUT2D eigenvalue weighted by molar-refractivity contribution is 0.676. The van der Waals surface area contributed by atoms with Gasteiger partial charge in [0.2, 0.25) is 5.82 Å². The molecule has 0 spiro atoms. The summed E-state index contributed by atoms with van der Waals surface area (Å²) in [7, 11) is 1.86. The molecule has 0 atom stereocenters. The zero-order chi connectivity index (χ0) is 13.8. The highest BCUT2D eigenvalue weighted by Crippen LogP contribution is 2.12. The van der Waals surface area contributed by atoms with Crippen molar-refractivity contribution in [3.63, 3.8) is 0 Å². The molecule has 100 valence electrons. The maximum Gasteiger partial charge on any atom is 0.205 e. The van der Waals surface area contributed by atoms with Crippen molar-refractivity contribution in [1.29, 1.82) is 0 Å². The summed E-state index contributed by atoms with van der Waals surface area (Å²) in [6.45, 7) is 0.674. The van der Waals surface area contributed by atoms with E-state index in [1.807, 2.05) is 49.5 Å². The van der Waals surface area contributed by atoms with E-state index in [2.05, 4.69) is 30.9 Å². The number of tetrazole rings is 1. The number of hydrogen-bond acceptors (Lipinski definition) is 6. The first-order valence-electron chi connectivity index (χ1n) is 6.20. The molecule has 7 heteroatoms. The molecule has 2 aromatic heterocycles. The number of nitrogens with one attached hydrogen (secondary N) is 1. The predicted octanol–water partition coefficient (Wildman–Crippen LogP) is 0.839. The van der Waals surface area contributed by atoms with Crippen LogP contribution in [0.4, 0.5) is 0 Å². The van der Waals surface area contributed by atoms with Crippen molar-refractivity contribution in [2.24, 2.45) is 0 Å². The van der Waals surface area contributed by atoms with Gasteiger partial charge in [-0.25, -0.2) is 0 Å². The van der Waals surface area contributed by atoms with Crippen LogP contribution in [0.3, 0.4) is 0 Å². The number of benzene rings is 1. The smallest absolute Gasteiger partial charge is 0.205 e. The monoisotopic (exact) mass is 267 g/mol. The molecule has 0 saturated carbocycles. The van der Waals surface area contributed by atoms with E-state index in [9.17, 15) is 0 Å². The lowest BCUT2D eigenvalue weighted by Gasteiger charge is -1.99. The van der Waals surface area contributed by atoms with E-state index in [1.54, 1.807) is 0 Å². The maximum atomic E-state index is 4.30. The van der Waals surface area contributed by atoms with E-state index < -0.39 is 0 Å². The Hall–Kier alpha value is -2.67. The molecule has 0 aliphatic heterocycles. The van der Waals surface area contributed by atoms with Gasteiger partial charge in [-0.3, -0.25) is 0 Å². The van der Waals surface area contributed by atoms with Crippen molar-refractivity contribution in [3.8, 4) is 17.2 Å². The molecule has 0 bridgehead atoms. The van der Waals surface area contributed by atoms with E-state index >= 15 is 0 Å². The maximum absolute atomic E-state index is 4.30. The third kappa shape index (κ3) is 2.52. The van der Waals surface area contributed by atoms with Gasteiger partial charge in [0.25, 0.3) is 0 Å². The van der Waals surface area contributed by atoms with E-state index in [0.29, 0.717) is 18.2 Å². The summed E-state index contributed by atoms with van der Waals surface area (Å²) in [6.07, 6.45) is 0. The summed E-state index contributed by atoms with van der Waals surface area (Å²) >= 11 is 0. The highest BCUT2D eigenvalue weighted by Gasteiger charge is 2.08. The summed E-state index contributed by atoms with van der Waals surface area (Å²) in [5.41, 5.74) is 1.78. The Balaban J connectivity index is 1.86. The first-order chi connectivity index (χ1) is 9.86. The zero-order valence-corrected chi connectivity index (χ0v) is 10.9. The largest absolute Gasteiger partial charge is 0.314 e. The number of nitrogens with zero attached hydrogens (tertiary/aromatic N) is 6. The van der Waals surface area contributed by atoms with E-state index in [1.165, 1.54) is 4.80 Å². The molecule has 3 rings (SSSR count). The molecule has 7 nitrogen and oxygen atoms in total. The topological polar surface area (TPSA) is 81.4 Å². The minimum Gasteiger partial charge on any atom is -0.314 e. The summed E-state index contributed by atoms with van der Waals surface area (Å²) in [4.78, 5) is 1.37. The Kier molecular flexibility index (Phi) is 3.42. The van der Waals surface area contributed by atoms with Crippen LogP contribution in [0.2, 0.25) is 0 Å². The average Bonchev–Trinajstić information content (AvgIpc) is 2.99. The van der Waals surface area contributed by atoms with E-state index in [0.717, 1.165) is 11.3 Å². The van der Waals surface area contributed by atoms with Gasteiger partial charge in [0.15, 0.2) is 5.82 Å². The minimum atomic E-state index is 0.541. The molecule has 2 heterocycles. The van der Waals surface area contributed by atoms with Crippen molar-refractivity contribution in [1.82, 2.24) is 35.7 Å². The van der Waals surface area contributed by atoms with Crippen LogP contribution < -0.4 is 5.32 Å². The van der Waals surface area contributed by atoms with Gasteiger partial charge in [0, 0.05) is 12.1 Å². The van der Waals surface area contributed by atoms with Crippen LogP contribution in [0.25, 0.3) is 17.2 Å². The molecule has 0 radical (unpaired) electrons. The average molecular weight is 267 g/mol. The third-order valence-corrected chi connectivity index (χ3v) is 2.71. The Morgan fingerprint density at radius 1 is 1.00 bits per heavy atom. The normalized spacial score (nSPS) is 10.7. The first-order valence-corrected chi connectivity index (χ1v) is 6.20. The highest BCUT2D eigenvalue weighted by atomic mass is 15.6. The predicted molar refractivity (Wildman–Crippen MR) is 72.9 cm³/mol. The van der Waals surface area contributed by atoms with Gasteiger partial charge in [-0.2, -0.15) is 5.10 Å². The summed E-state index contributed by atoms with van der Waals surface area (Å²) in [5.74, 6) is 1.10. The van der Waals surface area contributed by atoms with Crippen molar-refractivity contribution in [2.45, 2.75) is 6.54 Å². The fraction of sp³-hybridized carbons (Fsp3) is 0.154. The van der Waals surface area contributed by atoms with Crippen molar-refractivity contribution in [3.05, 3.63) is 48.2 Å². The Morgan fingerprint density at radius 3 is 2.55 bits per heavy atom. The Labute approximate surface area is 115 Å². The van der Waals surface area contributed by atoms with Gasteiger partial charge in [-0.15, -0.1) is 20.1 Å². The molecule has 0 aliphatic rings. The molecule has 0 fully saturated rings. The van der Waals surface area contributed by atoms with Gasteiger partial charge >= 0.3 is 0 Å². The molecule has 1 N–H and O–H groups in total. The highest BCUT2D eigenvalue weighted by molar-refractivity contribution is 5.53. The summed E-state index contributed by atoms with van der Waals surface area (Å²) in [6, 6.07) is 13.4. The van der Waals surface area contributed by atoms with Crippen LogP contribution in [0.5, 0.6) is 0 Å². The zero-order valence-electron chi connectivity index (χ0n) is 10.9. The molecular weight excluding hydrogens is 254 g/mol. The van der Waals surface area contributed by atoms with Crippen LogP contribution >= 0.6 is 0 Å². The molecule has 0 saturated heterocycles. The SMILES string of the molecule is CNCc1ccc(-n2nnc(-c3ccccc3)n2)nn1. The second-order valence-corrected chi connectivity index (χ2v) is 4.18. The molecule has 20 heavy (non-hydrogen) atoms. The number of rotatable bonds is 4. The minimum absolute atomic E-state index is 0.541. The fourth-order valence-electron chi connectivity index (χ4n) is 1.75. The van der Waals surface area contributed by atoms with Crippen molar-refractivity contribution in [2.75, 3.05) is 7.05 Å². The second-order valence-electron chi connectivity index (χ2n) is 4.18.